The van der Waals surface area contributed by atoms with Gasteiger partial charge in [0.25, 0.3) is 0 Å². The lowest BCUT2D eigenvalue weighted by molar-refractivity contribution is -0.135. The Hall–Kier alpha value is -1.51. The van der Waals surface area contributed by atoms with Crippen LogP contribution in [0.5, 0.6) is 11.5 Å². The van der Waals surface area contributed by atoms with Gasteiger partial charge < -0.3 is 9.84 Å². The van der Waals surface area contributed by atoms with Gasteiger partial charge >= 0.3 is 5.97 Å². The highest BCUT2D eigenvalue weighted by Gasteiger charge is 2.21. The summed E-state index contributed by atoms with van der Waals surface area (Å²) in [6, 6.07) is 1.68. The number of hydrogen-bond acceptors (Lipinski definition) is 3. The summed E-state index contributed by atoms with van der Waals surface area (Å²) in [6.07, 6.45) is 1.05. The fourth-order valence-electron chi connectivity index (χ4n) is 1.67. The zero-order chi connectivity index (χ0) is 10.3. The predicted molar refractivity (Wildman–Crippen MR) is 51.5 cm³/mol. The Morgan fingerprint density at radius 2 is 2.00 bits per heavy atom. The highest BCUT2D eigenvalue weighted by molar-refractivity contribution is 5.76. The molecule has 0 unspecified atom stereocenters. The second-order valence-electron chi connectivity index (χ2n) is 3.61. The average molecular weight is 192 g/mol. The van der Waals surface area contributed by atoms with Gasteiger partial charge in [-0.3, -0.25) is 4.79 Å². The molecule has 1 aromatic carbocycles. The van der Waals surface area contributed by atoms with E-state index in [1.165, 1.54) is 0 Å². The van der Waals surface area contributed by atoms with Gasteiger partial charge in [0.15, 0.2) is 0 Å². The molecule has 3 heteroatoms. The van der Waals surface area contributed by atoms with Crippen LogP contribution in [-0.4, -0.2) is 11.1 Å². The van der Waals surface area contributed by atoms with E-state index in [0.717, 1.165) is 16.7 Å². The molecule has 1 N–H and O–H groups in total. The first kappa shape index (κ1) is 9.06. The highest BCUT2D eigenvalue weighted by atomic mass is 16.5. The normalized spacial score (nSPS) is 14.9. The van der Waals surface area contributed by atoms with Crippen LogP contribution < -0.4 is 4.74 Å². The topological polar surface area (TPSA) is 46.5 Å². The van der Waals surface area contributed by atoms with Crippen LogP contribution in [0.2, 0.25) is 0 Å². The molecule has 74 valence electrons. The second-order valence-corrected chi connectivity index (χ2v) is 3.61. The summed E-state index contributed by atoms with van der Waals surface area (Å²) in [4.78, 5) is 11.1. The largest absolute Gasteiger partial charge is 0.508 e. The number of benzene rings is 1. The number of phenolic OH excluding ortho intramolecular Hbond substituents is 1. The maximum atomic E-state index is 11.1. The molecule has 1 aliphatic heterocycles. The Morgan fingerprint density at radius 1 is 1.29 bits per heavy atom. The second kappa shape index (κ2) is 3.01. The van der Waals surface area contributed by atoms with E-state index in [9.17, 15) is 9.90 Å². The van der Waals surface area contributed by atoms with E-state index in [1.54, 1.807) is 6.07 Å². The highest BCUT2D eigenvalue weighted by Crippen LogP contribution is 2.35. The summed E-state index contributed by atoms with van der Waals surface area (Å²) < 4.78 is 5.15. The molecule has 0 spiro atoms. The number of esters is 1. The molecule has 0 aliphatic carbocycles. The van der Waals surface area contributed by atoms with E-state index in [4.69, 9.17) is 4.74 Å². The molecule has 0 aromatic heterocycles. The lowest BCUT2D eigenvalue weighted by Crippen LogP contribution is -2.17. The molecule has 0 saturated carbocycles. The van der Waals surface area contributed by atoms with Crippen LogP contribution in [0, 0.1) is 13.8 Å². The van der Waals surface area contributed by atoms with Crippen LogP contribution in [0.15, 0.2) is 6.07 Å². The van der Waals surface area contributed by atoms with Crippen molar-refractivity contribution < 1.29 is 14.6 Å². The van der Waals surface area contributed by atoms with Crippen molar-refractivity contribution >= 4 is 5.97 Å². The summed E-state index contributed by atoms with van der Waals surface area (Å²) in [5.74, 6) is 0.724. The van der Waals surface area contributed by atoms with E-state index in [2.05, 4.69) is 0 Å². The third-order valence-corrected chi connectivity index (χ3v) is 2.70. The average Bonchev–Trinajstić information content (AvgIpc) is 2.16. The molecule has 1 aliphatic rings. The third kappa shape index (κ3) is 1.25. The number of rotatable bonds is 0. The fraction of sp³-hybridized carbons (Fsp3) is 0.364. The number of hydrogen-bond donors (Lipinski definition) is 1. The van der Waals surface area contributed by atoms with Gasteiger partial charge in [-0.1, -0.05) is 0 Å². The summed E-state index contributed by atoms with van der Waals surface area (Å²) >= 11 is 0. The van der Waals surface area contributed by atoms with Gasteiger partial charge in [0.05, 0.1) is 6.42 Å². The first-order chi connectivity index (χ1) is 6.59. The number of carbonyl (C=O) groups excluding carboxylic acids is 1. The predicted octanol–water partition coefficient (Wildman–Crippen LogP) is 1.86. The number of ether oxygens (including phenoxy) is 1. The Labute approximate surface area is 82.3 Å². The minimum absolute atomic E-state index is 0.189. The lowest BCUT2D eigenvalue weighted by Gasteiger charge is -2.19. The lowest BCUT2D eigenvalue weighted by atomic mass is 9.98. The van der Waals surface area contributed by atoms with Gasteiger partial charge in [0, 0.05) is 0 Å². The molecule has 2 rings (SSSR count). The minimum atomic E-state index is -0.189. The molecule has 3 nitrogen and oxygen atoms in total. The summed E-state index contributed by atoms with van der Waals surface area (Å²) in [5, 5.41) is 9.58. The van der Waals surface area contributed by atoms with Crippen molar-refractivity contribution in [2.24, 2.45) is 0 Å². The maximum absolute atomic E-state index is 11.1. The summed E-state index contributed by atoms with van der Waals surface area (Å²) in [5.41, 5.74) is 2.55. The van der Waals surface area contributed by atoms with Crippen LogP contribution in [0.3, 0.4) is 0 Å². The number of phenols is 1. The van der Waals surface area contributed by atoms with Crippen molar-refractivity contribution in [2.75, 3.05) is 0 Å². The molecule has 14 heavy (non-hydrogen) atoms. The van der Waals surface area contributed by atoms with Crippen LogP contribution in [0.4, 0.5) is 0 Å². The van der Waals surface area contributed by atoms with E-state index in [1.807, 2.05) is 13.8 Å². The maximum Gasteiger partial charge on any atom is 0.311 e. The van der Waals surface area contributed by atoms with Gasteiger partial charge in [0.1, 0.15) is 11.5 Å². The van der Waals surface area contributed by atoms with E-state index < -0.39 is 0 Å². The summed E-state index contributed by atoms with van der Waals surface area (Å²) in [6.45, 7) is 3.67. The first-order valence-corrected chi connectivity index (χ1v) is 4.62. The van der Waals surface area contributed by atoms with Crippen molar-refractivity contribution in [3.63, 3.8) is 0 Å². The van der Waals surface area contributed by atoms with Gasteiger partial charge in [-0.15, -0.1) is 0 Å². The molecule has 0 amide bonds. The Bertz CT molecular complexity index is 407. The quantitative estimate of drug-likeness (QED) is 0.504. The number of fused-ring (bicyclic) bond motifs is 1. The van der Waals surface area contributed by atoms with E-state index in [0.29, 0.717) is 18.6 Å². The van der Waals surface area contributed by atoms with Crippen LogP contribution >= 0.6 is 0 Å². The van der Waals surface area contributed by atoms with Gasteiger partial charge in [-0.2, -0.15) is 0 Å². The fourth-order valence-corrected chi connectivity index (χ4v) is 1.67. The van der Waals surface area contributed by atoms with E-state index >= 15 is 0 Å². The molecule has 0 atom stereocenters. The standard InChI is InChI=1S/C11H12O3/c1-6-7(2)11-8(5-9(6)12)3-4-10(13)14-11/h5,12H,3-4H2,1-2H3. The first-order valence-electron chi connectivity index (χ1n) is 4.62. The molecule has 1 aromatic rings. The van der Waals surface area contributed by atoms with Gasteiger partial charge in [-0.25, -0.2) is 0 Å². The molecular weight excluding hydrogens is 180 g/mol. The van der Waals surface area contributed by atoms with Crippen molar-refractivity contribution in [3.8, 4) is 11.5 Å². The molecule has 0 fully saturated rings. The Morgan fingerprint density at radius 3 is 2.71 bits per heavy atom. The Kier molecular flexibility index (Phi) is 1.95. The van der Waals surface area contributed by atoms with Gasteiger partial charge in [-0.05, 0) is 43.0 Å². The number of carbonyl (C=O) groups is 1. The Balaban J connectivity index is 2.60. The molecule has 0 bridgehead atoms. The summed E-state index contributed by atoms with van der Waals surface area (Å²) in [7, 11) is 0. The smallest absolute Gasteiger partial charge is 0.311 e. The van der Waals surface area contributed by atoms with Crippen LogP contribution in [0.1, 0.15) is 23.1 Å². The van der Waals surface area contributed by atoms with Crippen molar-refractivity contribution in [1.29, 1.82) is 0 Å². The minimum Gasteiger partial charge on any atom is -0.508 e. The zero-order valence-electron chi connectivity index (χ0n) is 8.26. The van der Waals surface area contributed by atoms with Crippen molar-refractivity contribution in [2.45, 2.75) is 26.7 Å². The number of aryl methyl sites for hydroxylation is 1. The van der Waals surface area contributed by atoms with Crippen molar-refractivity contribution in [1.82, 2.24) is 0 Å². The van der Waals surface area contributed by atoms with Gasteiger partial charge in [0.2, 0.25) is 0 Å². The SMILES string of the molecule is Cc1c(O)cc2c(c1C)OC(=O)CC2. The van der Waals surface area contributed by atoms with Crippen LogP contribution in [-0.2, 0) is 11.2 Å². The third-order valence-electron chi connectivity index (χ3n) is 2.70. The monoisotopic (exact) mass is 192 g/mol. The number of aromatic hydroxyl groups is 1. The zero-order valence-corrected chi connectivity index (χ0v) is 8.26. The molecule has 0 saturated heterocycles. The molecule has 0 radical (unpaired) electrons. The van der Waals surface area contributed by atoms with E-state index in [-0.39, 0.29) is 11.7 Å². The van der Waals surface area contributed by atoms with Crippen LogP contribution in [0.25, 0.3) is 0 Å². The molecule has 1 heterocycles. The van der Waals surface area contributed by atoms with Crippen molar-refractivity contribution in [3.05, 3.63) is 22.8 Å². The molecular formula is C11H12O3.